The van der Waals surface area contributed by atoms with Crippen LogP contribution in [0.1, 0.15) is 18.7 Å². The SMILES string of the molecule is CNC(C)c1csc(-c2ccc3ncccc3c2)n1. The molecule has 1 aromatic carbocycles. The fraction of sp³-hybridized carbons (Fsp3) is 0.200. The molecule has 0 saturated carbocycles. The van der Waals surface area contributed by atoms with Crippen LogP contribution in [0.15, 0.2) is 41.9 Å². The van der Waals surface area contributed by atoms with Crippen molar-refractivity contribution in [2.75, 3.05) is 7.05 Å². The zero-order valence-corrected chi connectivity index (χ0v) is 11.7. The predicted molar refractivity (Wildman–Crippen MR) is 80.3 cm³/mol. The first kappa shape index (κ1) is 12.3. The van der Waals surface area contributed by atoms with E-state index in [1.54, 1.807) is 11.3 Å². The molecular formula is C15H15N3S. The first-order valence-corrected chi connectivity index (χ1v) is 7.14. The molecule has 0 saturated heterocycles. The van der Waals surface area contributed by atoms with Crippen LogP contribution in [-0.2, 0) is 0 Å². The normalized spacial score (nSPS) is 12.7. The molecular weight excluding hydrogens is 254 g/mol. The van der Waals surface area contributed by atoms with Crippen LogP contribution in [0.25, 0.3) is 21.5 Å². The first-order valence-electron chi connectivity index (χ1n) is 6.26. The van der Waals surface area contributed by atoms with Gasteiger partial charge in [0.2, 0.25) is 0 Å². The van der Waals surface area contributed by atoms with Crippen molar-refractivity contribution in [2.24, 2.45) is 0 Å². The molecule has 3 rings (SSSR count). The number of aromatic nitrogens is 2. The molecule has 0 fully saturated rings. The van der Waals surface area contributed by atoms with Gasteiger partial charge < -0.3 is 5.32 Å². The van der Waals surface area contributed by atoms with Crippen molar-refractivity contribution in [3.63, 3.8) is 0 Å². The van der Waals surface area contributed by atoms with Gasteiger partial charge in [0, 0.05) is 28.6 Å². The first-order chi connectivity index (χ1) is 9.28. The summed E-state index contributed by atoms with van der Waals surface area (Å²) in [5, 5.41) is 7.53. The molecule has 0 aliphatic rings. The fourth-order valence-electron chi connectivity index (χ4n) is 1.97. The van der Waals surface area contributed by atoms with Crippen molar-refractivity contribution < 1.29 is 0 Å². The highest BCUT2D eigenvalue weighted by Crippen LogP contribution is 2.28. The number of fused-ring (bicyclic) bond motifs is 1. The average Bonchev–Trinajstić information content (AvgIpc) is 2.95. The van der Waals surface area contributed by atoms with Crippen LogP contribution < -0.4 is 5.32 Å². The van der Waals surface area contributed by atoms with Gasteiger partial charge in [0.1, 0.15) is 5.01 Å². The van der Waals surface area contributed by atoms with Gasteiger partial charge in [-0.05, 0) is 38.2 Å². The molecule has 19 heavy (non-hydrogen) atoms. The molecule has 3 aromatic rings. The molecule has 96 valence electrons. The van der Waals surface area contributed by atoms with E-state index in [4.69, 9.17) is 4.98 Å². The van der Waals surface area contributed by atoms with Gasteiger partial charge in [-0.3, -0.25) is 4.98 Å². The Morgan fingerprint density at radius 3 is 3.00 bits per heavy atom. The molecule has 1 atom stereocenters. The van der Waals surface area contributed by atoms with E-state index in [0.29, 0.717) is 0 Å². The van der Waals surface area contributed by atoms with Gasteiger partial charge in [-0.1, -0.05) is 6.07 Å². The number of benzene rings is 1. The number of nitrogens with zero attached hydrogens (tertiary/aromatic N) is 2. The molecule has 1 N–H and O–H groups in total. The molecule has 0 radical (unpaired) electrons. The number of pyridine rings is 1. The Balaban J connectivity index is 2.01. The largest absolute Gasteiger partial charge is 0.312 e. The summed E-state index contributed by atoms with van der Waals surface area (Å²) in [6.07, 6.45) is 1.82. The molecule has 1 unspecified atom stereocenters. The third-order valence-corrected chi connectivity index (χ3v) is 4.16. The zero-order chi connectivity index (χ0) is 13.2. The maximum atomic E-state index is 4.69. The van der Waals surface area contributed by atoms with Crippen molar-refractivity contribution in [2.45, 2.75) is 13.0 Å². The van der Waals surface area contributed by atoms with Crippen LogP contribution in [0.5, 0.6) is 0 Å². The van der Waals surface area contributed by atoms with Crippen molar-refractivity contribution in [3.05, 3.63) is 47.6 Å². The summed E-state index contributed by atoms with van der Waals surface area (Å²) in [5.74, 6) is 0. The molecule has 0 spiro atoms. The second kappa shape index (κ2) is 5.07. The maximum absolute atomic E-state index is 4.69. The molecule has 2 aromatic heterocycles. The Hall–Kier alpha value is -1.78. The van der Waals surface area contributed by atoms with E-state index in [0.717, 1.165) is 27.2 Å². The highest BCUT2D eigenvalue weighted by Gasteiger charge is 2.09. The number of thiazole rings is 1. The molecule has 2 heterocycles. The summed E-state index contributed by atoms with van der Waals surface area (Å²) < 4.78 is 0. The lowest BCUT2D eigenvalue weighted by Crippen LogP contribution is -2.12. The smallest absolute Gasteiger partial charge is 0.123 e. The van der Waals surface area contributed by atoms with Gasteiger partial charge in [-0.25, -0.2) is 4.98 Å². The summed E-state index contributed by atoms with van der Waals surface area (Å²) in [7, 11) is 1.95. The Morgan fingerprint density at radius 1 is 1.26 bits per heavy atom. The molecule has 4 heteroatoms. The van der Waals surface area contributed by atoms with E-state index in [9.17, 15) is 0 Å². The lowest BCUT2D eigenvalue weighted by Gasteiger charge is -2.05. The van der Waals surface area contributed by atoms with Crippen molar-refractivity contribution >= 4 is 22.2 Å². The van der Waals surface area contributed by atoms with Gasteiger partial charge in [-0.2, -0.15) is 0 Å². The monoisotopic (exact) mass is 269 g/mol. The zero-order valence-electron chi connectivity index (χ0n) is 10.9. The number of hydrogen-bond acceptors (Lipinski definition) is 4. The van der Waals surface area contributed by atoms with E-state index < -0.39 is 0 Å². The van der Waals surface area contributed by atoms with E-state index in [1.165, 1.54) is 0 Å². The average molecular weight is 269 g/mol. The summed E-state index contributed by atoms with van der Waals surface area (Å²) >= 11 is 1.68. The van der Waals surface area contributed by atoms with E-state index in [2.05, 4.69) is 40.8 Å². The summed E-state index contributed by atoms with van der Waals surface area (Å²) in [4.78, 5) is 9.03. The molecule has 3 nitrogen and oxygen atoms in total. The van der Waals surface area contributed by atoms with Crippen molar-refractivity contribution in [3.8, 4) is 10.6 Å². The third-order valence-electron chi connectivity index (χ3n) is 3.25. The maximum Gasteiger partial charge on any atom is 0.123 e. The van der Waals surface area contributed by atoms with Crippen LogP contribution in [-0.4, -0.2) is 17.0 Å². The van der Waals surface area contributed by atoms with Crippen LogP contribution in [0.4, 0.5) is 0 Å². The van der Waals surface area contributed by atoms with Gasteiger partial charge in [-0.15, -0.1) is 11.3 Å². The minimum Gasteiger partial charge on any atom is -0.312 e. The molecule has 0 aliphatic carbocycles. The lowest BCUT2D eigenvalue weighted by molar-refractivity contribution is 0.637. The molecule has 0 bridgehead atoms. The fourth-order valence-corrected chi connectivity index (χ4v) is 2.88. The predicted octanol–water partition coefficient (Wildman–Crippen LogP) is 3.64. The standard InChI is InChI=1S/C15H15N3S/c1-10(16-2)14-9-19-15(18-14)12-5-6-13-11(8-12)4-3-7-17-13/h3-10,16H,1-2H3. The number of rotatable bonds is 3. The lowest BCUT2D eigenvalue weighted by atomic mass is 10.1. The van der Waals surface area contributed by atoms with Crippen LogP contribution in [0.2, 0.25) is 0 Å². The Bertz CT molecular complexity index is 705. The number of nitrogens with one attached hydrogen (secondary N) is 1. The van der Waals surface area contributed by atoms with Crippen LogP contribution in [0.3, 0.4) is 0 Å². The van der Waals surface area contributed by atoms with E-state index in [-0.39, 0.29) is 6.04 Å². The highest BCUT2D eigenvalue weighted by molar-refractivity contribution is 7.13. The van der Waals surface area contributed by atoms with Crippen molar-refractivity contribution in [1.82, 2.24) is 15.3 Å². The highest BCUT2D eigenvalue weighted by atomic mass is 32.1. The van der Waals surface area contributed by atoms with Gasteiger partial charge in [0.15, 0.2) is 0 Å². The van der Waals surface area contributed by atoms with Gasteiger partial charge >= 0.3 is 0 Å². The minimum absolute atomic E-state index is 0.284. The van der Waals surface area contributed by atoms with E-state index in [1.807, 2.05) is 25.4 Å². The van der Waals surface area contributed by atoms with Gasteiger partial charge in [0.05, 0.1) is 11.2 Å². The second-order valence-corrected chi connectivity index (χ2v) is 5.36. The van der Waals surface area contributed by atoms with Crippen molar-refractivity contribution in [1.29, 1.82) is 0 Å². The second-order valence-electron chi connectivity index (χ2n) is 4.50. The van der Waals surface area contributed by atoms with Gasteiger partial charge in [0.25, 0.3) is 0 Å². The van der Waals surface area contributed by atoms with Crippen LogP contribution in [0, 0.1) is 0 Å². The number of hydrogen-bond donors (Lipinski definition) is 1. The van der Waals surface area contributed by atoms with E-state index >= 15 is 0 Å². The van der Waals surface area contributed by atoms with Crippen LogP contribution >= 0.6 is 11.3 Å². The topological polar surface area (TPSA) is 37.8 Å². The summed E-state index contributed by atoms with van der Waals surface area (Å²) in [6, 6.07) is 10.6. The Morgan fingerprint density at radius 2 is 2.16 bits per heavy atom. The third kappa shape index (κ3) is 2.37. The Labute approximate surface area is 116 Å². The quantitative estimate of drug-likeness (QED) is 0.789. The summed E-state index contributed by atoms with van der Waals surface area (Å²) in [6.45, 7) is 2.11. The Kier molecular flexibility index (Phi) is 3.27. The molecule has 0 amide bonds. The molecule has 0 aliphatic heterocycles. The minimum atomic E-state index is 0.284. The summed E-state index contributed by atoms with van der Waals surface area (Å²) in [5.41, 5.74) is 3.26.